The van der Waals surface area contributed by atoms with E-state index in [0.29, 0.717) is 57.0 Å². The maximum Gasteiger partial charge on any atom is 0.281 e. The van der Waals surface area contributed by atoms with E-state index in [4.69, 9.17) is 26.4 Å². The Morgan fingerprint density at radius 3 is 2.37 bits per heavy atom. The van der Waals surface area contributed by atoms with Gasteiger partial charge in [0, 0.05) is 85.8 Å². The van der Waals surface area contributed by atoms with Gasteiger partial charge in [-0.25, -0.2) is 24.9 Å². The zero-order valence-corrected chi connectivity index (χ0v) is 34.9. The van der Waals surface area contributed by atoms with Crippen LogP contribution in [0.5, 0.6) is 0 Å². The standard InChI is InChI=1S/C42H47N13O2S2/c1-24(38-45-12-18-58-38)40(56)55(36-33(44)27(43)20-31(49-36)47-23-42(2,3)4)30-21-28(30)48-29-22-32(53-16-14-52(15-17-53)25-8-6-5-7-9-25)50-37-34(29)51-35(39-46-13-19-59-39)41(57)54(37)26-10-11-26/h5-9,12-13,18-20,22,26,28,30H,1,10-11,14-17,21,23,44H2,2-4H3,(H,48,50)(H3,43,47,49). The molecule has 0 spiro atoms. The van der Waals surface area contributed by atoms with Gasteiger partial charge in [-0.05, 0) is 36.8 Å². The van der Waals surface area contributed by atoms with Crippen molar-refractivity contribution in [2.24, 2.45) is 5.41 Å². The number of hydrogen-bond acceptors (Lipinski definition) is 15. The molecule has 2 saturated carbocycles. The molecule has 17 heteroatoms. The number of para-hydroxylation sites is 1. The Morgan fingerprint density at radius 1 is 0.966 bits per heavy atom. The number of nitrogens with zero attached hydrogens (tertiary/aromatic N) is 9. The van der Waals surface area contributed by atoms with E-state index in [-0.39, 0.29) is 52.1 Å². The topological polar surface area (TPSA) is 189 Å². The van der Waals surface area contributed by atoms with Gasteiger partial charge < -0.3 is 31.9 Å². The summed E-state index contributed by atoms with van der Waals surface area (Å²) in [6, 6.07) is 13.5. The van der Waals surface area contributed by atoms with Gasteiger partial charge in [0.15, 0.2) is 17.2 Å². The summed E-state index contributed by atoms with van der Waals surface area (Å²) >= 11 is 2.72. The number of aromatic nitrogens is 6. The second-order valence-electron chi connectivity index (χ2n) is 16.5. The van der Waals surface area contributed by atoms with E-state index < -0.39 is 0 Å². The number of pyridine rings is 2. The number of carbonyl (C=O) groups is 1. The average molecular weight is 830 g/mol. The van der Waals surface area contributed by atoms with Crippen molar-refractivity contribution in [2.45, 2.75) is 58.2 Å². The highest BCUT2D eigenvalue weighted by Gasteiger charge is 2.47. The molecule has 59 heavy (non-hydrogen) atoms. The van der Waals surface area contributed by atoms with Crippen LogP contribution in [0.3, 0.4) is 0 Å². The third-order valence-electron chi connectivity index (χ3n) is 10.8. The van der Waals surface area contributed by atoms with Gasteiger partial charge in [-0.1, -0.05) is 45.5 Å². The summed E-state index contributed by atoms with van der Waals surface area (Å²) in [4.78, 5) is 59.0. The molecule has 6 heterocycles. The van der Waals surface area contributed by atoms with Crippen LogP contribution in [-0.4, -0.2) is 80.2 Å². The number of amides is 1. The molecule has 2 aliphatic carbocycles. The smallest absolute Gasteiger partial charge is 0.281 e. The lowest BCUT2D eigenvalue weighted by molar-refractivity contribution is -0.113. The van der Waals surface area contributed by atoms with Gasteiger partial charge in [0.1, 0.15) is 27.2 Å². The number of nitrogens with two attached hydrogens (primary N) is 2. The highest BCUT2D eigenvalue weighted by atomic mass is 32.1. The lowest BCUT2D eigenvalue weighted by Crippen LogP contribution is -2.47. The molecule has 1 saturated heterocycles. The number of nitrogens with one attached hydrogen (secondary N) is 2. The fourth-order valence-electron chi connectivity index (χ4n) is 7.44. The van der Waals surface area contributed by atoms with E-state index in [9.17, 15) is 9.59 Å². The molecule has 15 nitrogen and oxygen atoms in total. The molecule has 6 aromatic rings. The molecule has 6 N–H and O–H groups in total. The van der Waals surface area contributed by atoms with Crippen molar-refractivity contribution < 1.29 is 4.79 Å². The molecule has 1 aromatic carbocycles. The van der Waals surface area contributed by atoms with E-state index in [1.807, 2.05) is 27.5 Å². The predicted molar refractivity (Wildman–Crippen MR) is 240 cm³/mol. The molecule has 3 aliphatic rings. The number of carbonyl (C=O) groups excluding carboxylic acids is 1. The highest BCUT2D eigenvalue weighted by Crippen LogP contribution is 2.43. The molecule has 0 bridgehead atoms. The van der Waals surface area contributed by atoms with Gasteiger partial charge in [-0.3, -0.25) is 19.1 Å². The third kappa shape index (κ3) is 7.79. The van der Waals surface area contributed by atoms with Crippen LogP contribution in [0.15, 0.2) is 77.0 Å². The maximum atomic E-state index is 14.6. The van der Waals surface area contributed by atoms with Crippen LogP contribution in [0, 0.1) is 5.41 Å². The zero-order valence-electron chi connectivity index (χ0n) is 33.3. The fourth-order valence-corrected chi connectivity index (χ4v) is 8.66. The van der Waals surface area contributed by atoms with Crippen molar-refractivity contribution in [3.63, 3.8) is 0 Å². The Bertz CT molecular complexity index is 2580. The maximum absolute atomic E-state index is 14.6. The molecule has 3 fully saturated rings. The van der Waals surface area contributed by atoms with Gasteiger partial charge in [0.25, 0.3) is 11.5 Å². The Hall–Kier alpha value is -6.07. The number of hydrogen-bond donors (Lipinski definition) is 4. The largest absolute Gasteiger partial charge is 0.397 e. The average Bonchev–Trinajstić information content (AvgIpc) is 4.06. The highest BCUT2D eigenvalue weighted by molar-refractivity contribution is 7.13. The Labute approximate surface area is 349 Å². The van der Waals surface area contributed by atoms with E-state index in [1.165, 1.54) is 28.4 Å². The van der Waals surface area contributed by atoms with Crippen LogP contribution in [0.1, 0.15) is 51.1 Å². The second-order valence-corrected chi connectivity index (χ2v) is 18.3. The van der Waals surface area contributed by atoms with Crippen LogP contribution in [0.2, 0.25) is 0 Å². The van der Waals surface area contributed by atoms with Crippen molar-refractivity contribution in [1.29, 1.82) is 0 Å². The van der Waals surface area contributed by atoms with E-state index >= 15 is 0 Å². The number of benzene rings is 1. The zero-order chi connectivity index (χ0) is 41.0. The summed E-state index contributed by atoms with van der Waals surface area (Å²) in [7, 11) is 0. The quantitative estimate of drug-likeness (QED) is 0.100. The Kier molecular flexibility index (Phi) is 9.95. The Morgan fingerprint density at radius 2 is 1.69 bits per heavy atom. The summed E-state index contributed by atoms with van der Waals surface area (Å²) < 4.78 is 1.82. The van der Waals surface area contributed by atoms with Gasteiger partial charge in [-0.15, -0.1) is 22.7 Å². The second kappa shape index (κ2) is 15.3. The number of anilines is 7. The third-order valence-corrected chi connectivity index (χ3v) is 12.4. The van der Waals surface area contributed by atoms with Crippen molar-refractivity contribution in [3.05, 3.63) is 87.6 Å². The first-order valence-electron chi connectivity index (χ1n) is 19.8. The summed E-state index contributed by atoms with van der Waals surface area (Å²) in [6.45, 7) is 14.3. The lowest BCUT2D eigenvalue weighted by atomic mass is 9.97. The summed E-state index contributed by atoms with van der Waals surface area (Å²) in [6.07, 6.45) is 5.66. The van der Waals surface area contributed by atoms with Gasteiger partial charge >= 0.3 is 0 Å². The van der Waals surface area contributed by atoms with Gasteiger partial charge in [-0.2, -0.15) is 0 Å². The first-order valence-corrected chi connectivity index (χ1v) is 21.6. The van der Waals surface area contributed by atoms with Crippen molar-refractivity contribution in [1.82, 2.24) is 29.5 Å². The monoisotopic (exact) mass is 829 g/mol. The van der Waals surface area contributed by atoms with Gasteiger partial charge in [0.05, 0.1) is 28.7 Å². The minimum absolute atomic E-state index is 0.0228. The van der Waals surface area contributed by atoms with E-state index in [2.05, 4.69) is 82.0 Å². The number of fused-ring (bicyclic) bond motifs is 1. The summed E-state index contributed by atoms with van der Waals surface area (Å²) in [5.74, 6) is 1.15. The molecular weight excluding hydrogens is 783 g/mol. The lowest BCUT2D eigenvalue weighted by Gasteiger charge is -2.37. The molecule has 9 rings (SSSR count). The molecule has 304 valence electrons. The van der Waals surface area contributed by atoms with Crippen molar-refractivity contribution >= 4 is 85.5 Å². The molecule has 1 aliphatic heterocycles. The van der Waals surface area contributed by atoms with Crippen LogP contribution in [-0.2, 0) is 4.79 Å². The number of nitrogen functional groups attached to an aromatic ring is 2. The van der Waals surface area contributed by atoms with E-state index in [0.717, 1.165) is 44.8 Å². The first-order chi connectivity index (χ1) is 28.4. The molecule has 2 atom stereocenters. The molecule has 2 unspecified atom stereocenters. The number of thiazole rings is 2. The first kappa shape index (κ1) is 38.4. The predicted octanol–water partition coefficient (Wildman–Crippen LogP) is 6.35. The van der Waals surface area contributed by atoms with Crippen LogP contribution < -0.4 is 42.4 Å². The normalized spacial score (nSPS) is 17.9. The van der Waals surface area contributed by atoms with Crippen LogP contribution in [0.4, 0.5) is 40.2 Å². The Balaban J connectivity index is 1.11. The molecule has 0 radical (unpaired) electrons. The molecule has 5 aromatic heterocycles. The minimum atomic E-state index is -0.389. The fraction of sp³-hybridized carbons (Fsp3) is 0.357. The minimum Gasteiger partial charge on any atom is -0.397 e. The van der Waals surface area contributed by atoms with Crippen LogP contribution >= 0.6 is 22.7 Å². The molecular formula is C42H47N13O2S2. The van der Waals surface area contributed by atoms with E-state index in [1.54, 1.807) is 23.4 Å². The van der Waals surface area contributed by atoms with Crippen LogP contribution in [0.25, 0.3) is 27.4 Å². The number of rotatable bonds is 12. The number of piperazine rings is 1. The van der Waals surface area contributed by atoms with Gasteiger partial charge in [0.2, 0.25) is 0 Å². The van der Waals surface area contributed by atoms with Crippen molar-refractivity contribution in [2.75, 3.05) is 69.5 Å². The summed E-state index contributed by atoms with van der Waals surface area (Å²) in [5.41, 5.74) is 17.0. The summed E-state index contributed by atoms with van der Waals surface area (Å²) in [5, 5.41) is 11.8. The molecule has 1 amide bonds. The SMILES string of the molecule is C=C(C(=O)N(c1nc(NCC(C)(C)C)cc(N)c1N)C1CC1Nc1cc(N2CCN(c3ccccc3)CC2)nc2c1nc(-c1nccs1)c(=O)n2C1CC1)c1nccs1. The van der Waals surface area contributed by atoms with Crippen molar-refractivity contribution in [3.8, 4) is 10.7 Å².